The molecule has 0 aromatic carbocycles. The number of amides is 1. The average molecular weight is 337 g/mol. The summed E-state index contributed by atoms with van der Waals surface area (Å²) in [6, 6.07) is 0. The van der Waals surface area contributed by atoms with Crippen molar-refractivity contribution in [3.8, 4) is 0 Å². The van der Waals surface area contributed by atoms with E-state index in [2.05, 4.69) is 11.9 Å². The number of aromatic nitrogens is 2. The van der Waals surface area contributed by atoms with Crippen LogP contribution in [0.5, 0.6) is 0 Å². The lowest BCUT2D eigenvalue weighted by atomic mass is 10.2. The molecule has 7 nitrogen and oxygen atoms in total. The van der Waals surface area contributed by atoms with E-state index < -0.39 is 11.9 Å². The molecular formula is C15H19N3O4S. The monoisotopic (exact) mass is 337 g/mol. The quantitative estimate of drug-likeness (QED) is 0.610. The van der Waals surface area contributed by atoms with Crippen molar-refractivity contribution < 1.29 is 14.3 Å². The number of carbonyl (C=O) groups is 2. The van der Waals surface area contributed by atoms with Crippen LogP contribution in [0.4, 0.5) is 0 Å². The summed E-state index contributed by atoms with van der Waals surface area (Å²) in [6.07, 6.45) is 4.13. The highest BCUT2D eigenvalue weighted by Crippen LogP contribution is 2.26. The van der Waals surface area contributed by atoms with Gasteiger partial charge in [0.15, 0.2) is 0 Å². The molecule has 0 fully saturated rings. The fourth-order valence-electron chi connectivity index (χ4n) is 2.23. The van der Waals surface area contributed by atoms with Crippen molar-refractivity contribution in [3.05, 3.63) is 27.1 Å². The van der Waals surface area contributed by atoms with Gasteiger partial charge in [-0.05, 0) is 18.9 Å². The SMILES string of the molecule is CCCCCOC(=O)Cn1cnc2sc(C(N)=O)c(C)c2c1=O. The Morgan fingerprint density at radius 3 is 2.78 bits per heavy atom. The first kappa shape index (κ1) is 17.1. The van der Waals surface area contributed by atoms with Crippen molar-refractivity contribution in [1.29, 1.82) is 0 Å². The fraction of sp³-hybridized carbons (Fsp3) is 0.467. The molecular weight excluding hydrogens is 318 g/mol. The Hall–Kier alpha value is -2.22. The number of hydrogen-bond acceptors (Lipinski definition) is 6. The predicted octanol–water partition coefficient (Wildman–Crippen LogP) is 1.60. The third-order valence-corrected chi connectivity index (χ3v) is 4.67. The summed E-state index contributed by atoms with van der Waals surface area (Å²) >= 11 is 1.08. The molecule has 23 heavy (non-hydrogen) atoms. The van der Waals surface area contributed by atoms with E-state index in [1.165, 1.54) is 10.9 Å². The summed E-state index contributed by atoms with van der Waals surface area (Å²) in [4.78, 5) is 40.5. The van der Waals surface area contributed by atoms with Gasteiger partial charge in [-0.15, -0.1) is 11.3 Å². The normalized spacial score (nSPS) is 10.9. The Labute approximate surface area is 137 Å². The Bertz CT molecular complexity index is 794. The van der Waals surface area contributed by atoms with Crippen LogP contribution in [-0.4, -0.2) is 28.0 Å². The molecule has 0 aliphatic rings. The number of fused-ring (bicyclic) bond motifs is 1. The molecule has 0 aliphatic carbocycles. The van der Waals surface area contributed by atoms with Crippen molar-refractivity contribution >= 4 is 33.4 Å². The number of aryl methyl sites for hydroxylation is 1. The Balaban J connectivity index is 2.21. The molecule has 0 radical (unpaired) electrons. The lowest BCUT2D eigenvalue weighted by Crippen LogP contribution is -2.26. The molecule has 2 aromatic rings. The summed E-state index contributed by atoms with van der Waals surface area (Å²) < 4.78 is 6.28. The molecule has 0 unspecified atom stereocenters. The zero-order chi connectivity index (χ0) is 17.0. The first-order valence-corrected chi connectivity index (χ1v) is 8.21. The maximum Gasteiger partial charge on any atom is 0.326 e. The van der Waals surface area contributed by atoms with Crippen LogP contribution in [-0.2, 0) is 16.1 Å². The van der Waals surface area contributed by atoms with Crippen LogP contribution < -0.4 is 11.3 Å². The molecule has 0 saturated carbocycles. The molecule has 0 bridgehead atoms. The fourth-order valence-corrected chi connectivity index (χ4v) is 3.22. The summed E-state index contributed by atoms with van der Waals surface area (Å²) in [7, 11) is 0. The number of hydrogen-bond donors (Lipinski definition) is 1. The van der Waals surface area contributed by atoms with Gasteiger partial charge in [-0.1, -0.05) is 19.8 Å². The standard InChI is InChI=1S/C15H19N3O4S/c1-3-4-5-6-22-10(19)7-18-8-17-14-11(15(18)21)9(2)12(23-14)13(16)20/h8H,3-7H2,1-2H3,(H2,16,20). The number of nitrogens with two attached hydrogens (primary N) is 1. The van der Waals surface area contributed by atoms with Gasteiger partial charge in [-0.3, -0.25) is 19.0 Å². The van der Waals surface area contributed by atoms with E-state index in [1.807, 2.05) is 0 Å². The number of primary amides is 1. The molecule has 0 aliphatic heterocycles. The lowest BCUT2D eigenvalue weighted by molar-refractivity contribution is -0.144. The van der Waals surface area contributed by atoms with Crippen LogP contribution in [0, 0.1) is 6.92 Å². The van der Waals surface area contributed by atoms with Gasteiger partial charge in [-0.25, -0.2) is 4.98 Å². The molecule has 8 heteroatoms. The minimum Gasteiger partial charge on any atom is -0.464 e. The molecule has 0 spiro atoms. The molecule has 0 saturated heterocycles. The van der Waals surface area contributed by atoms with Crippen molar-refractivity contribution in [3.63, 3.8) is 0 Å². The molecule has 2 heterocycles. The van der Waals surface area contributed by atoms with Gasteiger partial charge in [0.05, 0.1) is 23.2 Å². The van der Waals surface area contributed by atoms with E-state index in [0.29, 0.717) is 27.3 Å². The highest BCUT2D eigenvalue weighted by molar-refractivity contribution is 7.20. The zero-order valence-electron chi connectivity index (χ0n) is 13.1. The molecule has 2 N–H and O–H groups in total. The van der Waals surface area contributed by atoms with E-state index in [-0.39, 0.29) is 12.1 Å². The first-order chi connectivity index (χ1) is 11.0. The van der Waals surface area contributed by atoms with E-state index in [0.717, 1.165) is 30.6 Å². The van der Waals surface area contributed by atoms with Gasteiger partial charge in [0.1, 0.15) is 11.4 Å². The average Bonchev–Trinajstić information content (AvgIpc) is 2.84. The minimum absolute atomic E-state index is 0.199. The van der Waals surface area contributed by atoms with Crippen molar-refractivity contribution in [2.45, 2.75) is 39.7 Å². The van der Waals surface area contributed by atoms with Crippen LogP contribution in [0.15, 0.2) is 11.1 Å². The summed E-state index contributed by atoms with van der Waals surface area (Å²) in [5, 5.41) is 0.324. The number of carbonyl (C=O) groups excluding carboxylic acids is 2. The number of esters is 1. The van der Waals surface area contributed by atoms with Crippen molar-refractivity contribution in [2.75, 3.05) is 6.61 Å². The van der Waals surface area contributed by atoms with Gasteiger partial charge >= 0.3 is 5.97 Å². The van der Waals surface area contributed by atoms with Crippen LogP contribution in [0.25, 0.3) is 10.2 Å². The second-order valence-corrected chi connectivity index (χ2v) is 6.20. The highest BCUT2D eigenvalue weighted by atomic mass is 32.1. The first-order valence-electron chi connectivity index (χ1n) is 7.39. The highest BCUT2D eigenvalue weighted by Gasteiger charge is 2.18. The zero-order valence-corrected chi connectivity index (χ0v) is 13.9. The number of unbranched alkanes of at least 4 members (excludes halogenated alkanes) is 2. The molecule has 1 amide bonds. The van der Waals surface area contributed by atoms with Crippen LogP contribution in [0.1, 0.15) is 41.4 Å². The van der Waals surface area contributed by atoms with E-state index in [4.69, 9.17) is 10.5 Å². The predicted molar refractivity (Wildman–Crippen MR) is 87.6 cm³/mol. The van der Waals surface area contributed by atoms with Crippen molar-refractivity contribution in [1.82, 2.24) is 9.55 Å². The maximum atomic E-state index is 12.5. The molecule has 0 atom stereocenters. The third-order valence-electron chi connectivity index (χ3n) is 3.45. The van der Waals surface area contributed by atoms with Crippen LogP contribution in [0.3, 0.4) is 0 Å². The number of ether oxygens (including phenoxy) is 1. The largest absolute Gasteiger partial charge is 0.464 e. The number of thiophene rings is 1. The van der Waals surface area contributed by atoms with E-state index in [9.17, 15) is 14.4 Å². The topological polar surface area (TPSA) is 104 Å². The summed E-state index contributed by atoms with van der Waals surface area (Å²) in [5.74, 6) is -1.07. The third kappa shape index (κ3) is 3.76. The van der Waals surface area contributed by atoms with Crippen molar-refractivity contribution in [2.24, 2.45) is 5.73 Å². The molecule has 2 rings (SSSR count). The number of rotatable bonds is 7. The molecule has 2 aromatic heterocycles. The Morgan fingerprint density at radius 2 is 2.13 bits per heavy atom. The Kier molecular flexibility index (Phi) is 5.49. The van der Waals surface area contributed by atoms with Crippen LogP contribution >= 0.6 is 11.3 Å². The lowest BCUT2D eigenvalue weighted by Gasteiger charge is -2.06. The Morgan fingerprint density at radius 1 is 1.39 bits per heavy atom. The minimum atomic E-state index is -0.591. The van der Waals surface area contributed by atoms with Gasteiger partial charge in [-0.2, -0.15) is 0 Å². The van der Waals surface area contributed by atoms with Gasteiger partial charge < -0.3 is 10.5 Å². The summed E-state index contributed by atoms with van der Waals surface area (Å²) in [5.41, 5.74) is 5.41. The second-order valence-electron chi connectivity index (χ2n) is 5.21. The molecule has 124 valence electrons. The van der Waals surface area contributed by atoms with Gasteiger partial charge in [0, 0.05) is 0 Å². The van der Waals surface area contributed by atoms with E-state index in [1.54, 1.807) is 6.92 Å². The second kappa shape index (κ2) is 7.36. The van der Waals surface area contributed by atoms with E-state index >= 15 is 0 Å². The van der Waals surface area contributed by atoms with Gasteiger partial charge in [0.25, 0.3) is 11.5 Å². The van der Waals surface area contributed by atoms with Gasteiger partial charge in [0.2, 0.25) is 0 Å². The smallest absolute Gasteiger partial charge is 0.326 e. The number of nitrogens with zero attached hydrogens (tertiary/aromatic N) is 2. The van der Waals surface area contributed by atoms with Crippen LogP contribution in [0.2, 0.25) is 0 Å². The summed E-state index contributed by atoms with van der Waals surface area (Å²) in [6.45, 7) is 3.86. The maximum absolute atomic E-state index is 12.5.